The highest BCUT2D eigenvalue weighted by molar-refractivity contribution is 5.29. The van der Waals surface area contributed by atoms with E-state index >= 15 is 0 Å². The lowest BCUT2D eigenvalue weighted by Crippen LogP contribution is -1.88. The van der Waals surface area contributed by atoms with Crippen molar-refractivity contribution in [2.24, 2.45) is 0 Å². The Hall–Kier alpha value is -1.80. The fourth-order valence-electron chi connectivity index (χ4n) is 0.850. The van der Waals surface area contributed by atoms with Crippen LogP contribution in [0.3, 0.4) is 0 Å². The molecule has 0 aliphatic rings. The number of allylic oxidation sites excluding steroid dienone is 5. The predicted molar refractivity (Wildman–Crippen MR) is 80.3 cm³/mol. The molecular weight excluding hydrogens is 224 g/mol. The summed E-state index contributed by atoms with van der Waals surface area (Å²) in [6, 6.07) is 0. The number of rotatable bonds is 6. The van der Waals surface area contributed by atoms with Gasteiger partial charge < -0.3 is 9.84 Å². The van der Waals surface area contributed by atoms with Gasteiger partial charge in [-0.3, -0.25) is 0 Å². The molecule has 0 saturated heterocycles. The molecule has 0 aromatic rings. The lowest BCUT2D eigenvalue weighted by molar-refractivity contribution is 0.303. The Labute approximate surface area is 111 Å². The monoisotopic (exact) mass is 248 g/mol. The summed E-state index contributed by atoms with van der Waals surface area (Å²) in [5, 5.41) is 8.56. The first-order valence-electron chi connectivity index (χ1n) is 5.55. The number of hydrogen-bond acceptors (Lipinski definition) is 2. The van der Waals surface area contributed by atoms with Gasteiger partial charge in [-0.1, -0.05) is 50.6 Å². The van der Waals surface area contributed by atoms with E-state index in [9.17, 15) is 0 Å². The van der Waals surface area contributed by atoms with Gasteiger partial charge in [0.25, 0.3) is 0 Å². The highest BCUT2D eigenvalue weighted by Gasteiger charge is 1.90. The number of hydrogen-bond donors (Lipinski definition) is 1. The van der Waals surface area contributed by atoms with Gasteiger partial charge in [0.2, 0.25) is 0 Å². The number of aliphatic hydroxyl groups excluding tert-OH is 1. The summed E-state index contributed by atoms with van der Waals surface area (Å²) in [4.78, 5) is 0. The standard InChI is InChI=1S/2C8H12O/c1-5-6-7(2)8(3)9-4;1-4-5-7(2)8(3)6-9/h5-6H,1,3H2,2,4H3;4-5,9H,1,3,6H2,2H3/b7-6-;7-5-. The minimum absolute atomic E-state index is 0.0240. The van der Waals surface area contributed by atoms with Crippen molar-refractivity contribution in [3.8, 4) is 0 Å². The summed E-state index contributed by atoms with van der Waals surface area (Å²) >= 11 is 0. The molecule has 0 aliphatic carbocycles. The molecule has 0 aromatic carbocycles. The van der Waals surface area contributed by atoms with Crippen LogP contribution in [0.15, 0.2) is 73.1 Å². The van der Waals surface area contributed by atoms with Crippen LogP contribution in [0.25, 0.3) is 0 Å². The van der Waals surface area contributed by atoms with Crippen LogP contribution in [0.1, 0.15) is 13.8 Å². The molecule has 0 unspecified atom stereocenters. The van der Waals surface area contributed by atoms with Crippen molar-refractivity contribution in [3.63, 3.8) is 0 Å². The van der Waals surface area contributed by atoms with E-state index in [1.54, 1.807) is 19.3 Å². The molecule has 0 heterocycles. The molecule has 0 atom stereocenters. The van der Waals surface area contributed by atoms with Crippen LogP contribution in [-0.4, -0.2) is 18.8 Å². The third kappa shape index (κ3) is 9.43. The molecular formula is C16H24O2. The molecule has 18 heavy (non-hydrogen) atoms. The zero-order valence-electron chi connectivity index (χ0n) is 11.7. The van der Waals surface area contributed by atoms with Crippen molar-refractivity contribution in [1.82, 2.24) is 0 Å². The minimum atomic E-state index is 0.0240. The molecule has 0 spiro atoms. The highest BCUT2D eigenvalue weighted by Crippen LogP contribution is 2.05. The summed E-state index contributed by atoms with van der Waals surface area (Å²) in [5.74, 6) is 0.690. The smallest absolute Gasteiger partial charge is 0.114 e. The Morgan fingerprint density at radius 3 is 1.83 bits per heavy atom. The zero-order chi connectivity index (χ0) is 14.6. The van der Waals surface area contributed by atoms with Gasteiger partial charge in [0.1, 0.15) is 5.76 Å². The summed E-state index contributed by atoms with van der Waals surface area (Å²) in [6.45, 7) is 18.2. The molecule has 0 aromatic heterocycles. The highest BCUT2D eigenvalue weighted by atomic mass is 16.5. The third-order valence-corrected chi connectivity index (χ3v) is 2.17. The number of aliphatic hydroxyl groups is 1. The Morgan fingerprint density at radius 2 is 1.50 bits per heavy atom. The lowest BCUT2D eigenvalue weighted by Gasteiger charge is -2.01. The normalized spacial score (nSPS) is 10.9. The molecule has 2 nitrogen and oxygen atoms in total. The first-order chi connectivity index (χ1) is 8.44. The van der Waals surface area contributed by atoms with Crippen molar-refractivity contribution >= 4 is 0 Å². The SMILES string of the molecule is C=C/C=C(/C)C(=C)CO.C=C/C=C(/C)C(=C)OC. The molecule has 0 bridgehead atoms. The maximum atomic E-state index is 8.56. The summed E-state index contributed by atoms with van der Waals surface area (Å²) in [7, 11) is 1.60. The molecule has 2 heteroatoms. The van der Waals surface area contributed by atoms with Gasteiger partial charge in [0.05, 0.1) is 13.7 Å². The van der Waals surface area contributed by atoms with Crippen LogP contribution < -0.4 is 0 Å². The van der Waals surface area contributed by atoms with E-state index in [4.69, 9.17) is 9.84 Å². The first-order valence-corrected chi connectivity index (χ1v) is 5.55. The van der Waals surface area contributed by atoms with Crippen molar-refractivity contribution in [2.45, 2.75) is 13.8 Å². The van der Waals surface area contributed by atoms with E-state index in [0.29, 0.717) is 5.76 Å². The Morgan fingerprint density at radius 1 is 1.06 bits per heavy atom. The summed E-state index contributed by atoms with van der Waals surface area (Å²) < 4.78 is 4.85. The van der Waals surface area contributed by atoms with Crippen molar-refractivity contribution < 1.29 is 9.84 Å². The van der Waals surface area contributed by atoms with Gasteiger partial charge in [-0.15, -0.1) is 0 Å². The Kier molecular flexibility index (Phi) is 12.0. The van der Waals surface area contributed by atoms with E-state index in [0.717, 1.165) is 16.7 Å². The Bertz CT molecular complexity index is 321. The van der Waals surface area contributed by atoms with Crippen LogP contribution in [0, 0.1) is 0 Å². The van der Waals surface area contributed by atoms with E-state index in [1.165, 1.54) is 0 Å². The second-order valence-electron chi connectivity index (χ2n) is 3.56. The largest absolute Gasteiger partial charge is 0.497 e. The third-order valence-electron chi connectivity index (χ3n) is 2.17. The van der Waals surface area contributed by atoms with E-state index in [2.05, 4.69) is 26.3 Å². The van der Waals surface area contributed by atoms with Crippen LogP contribution in [0.4, 0.5) is 0 Å². The van der Waals surface area contributed by atoms with Gasteiger partial charge in [-0.25, -0.2) is 0 Å². The topological polar surface area (TPSA) is 29.5 Å². The van der Waals surface area contributed by atoms with E-state index in [-0.39, 0.29) is 6.61 Å². The first kappa shape index (κ1) is 18.6. The number of ether oxygens (including phenoxy) is 1. The average molecular weight is 248 g/mol. The van der Waals surface area contributed by atoms with Crippen LogP contribution >= 0.6 is 0 Å². The quantitative estimate of drug-likeness (QED) is 0.570. The summed E-state index contributed by atoms with van der Waals surface area (Å²) in [5.41, 5.74) is 2.73. The molecule has 0 amide bonds. The molecule has 0 fully saturated rings. The van der Waals surface area contributed by atoms with Crippen molar-refractivity contribution in [2.75, 3.05) is 13.7 Å². The fraction of sp³-hybridized carbons (Fsp3) is 0.250. The van der Waals surface area contributed by atoms with Gasteiger partial charge in [0, 0.05) is 0 Å². The predicted octanol–water partition coefficient (Wildman–Crippen LogP) is 3.95. The van der Waals surface area contributed by atoms with Gasteiger partial charge in [0.15, 0.2) is 0 Å². The zero-order valence-corrected chi connectivity index (χ0v) is 11.7. The van der Waals surface area contributed by atoms with Crippen LogP contribution in [0.2, 0.25) is 0 Å². The second kappa shape index (κ2) is 11.7. The average Bonchev–Trinajstić information content (AvgIpc) is 2.38. The molecule has 1 N–H and O–H groups in total. The maximum Gasteiger partial charge on any atom is 0.114 e. The molecule has 0 aliphatic heterocycles. The molecule has 100 valence electrons. The second-order valence-corrected chi connectivity index (χ2v) is 3.56. The molecule has 0 saturated carbocycles. The lowest BCUT2D eigenvalue weighted by atomic mass is 10.1. The van der Waals surface area contributed by atoms with Gasteiger partial charge >= 0.3 is 0 Å². The Balaban J connectivity index is 0. The number of methoxy groups -OCH3 is 1. The van der Waals surface area contributed by atoms with Crippen molar-refractivity contribution in [3.05, 3.63) is 73.1 Å². The minimum Gasteiger partial charge on any atom is -0.497 e. The van der Waals surface area contributed by atoms with Gasteiger partial charge in [-0.2, -0.15) is 0 Å². The van der Waals surface area contributed by atoms with E-state index in [1.807, 2.05) is 26.0 Å². The molecule has 0 rings (SSSR count). The fourth-order valence-corrected chi connectivity index (χ4v) is 0.850. The maximum absolute atomic E-state index is 8.56. The van der Waals surface area contributed by atoms with E-state index < -0.39 is 0 Å². The van der Waals surface area contributed by atoms with Crippen LogP contribution in [-0.2, 0) is 4.74 Å². The van der Waals surface area contributed by atoms with Crippen molar-refractivity contribution in [1.29, 1.82) is 0 Å². The van der Waals surface area contributed by atoms with Crippen LogP contribution in [0.5, 0.6) is 0 Å². The molecule has 0 radical (unpaired) electrons. The summed E-state index contributed by atoms with van der Waals surface area (Å²) in [6.07, 6.45) is 7.06. The van der Waals surface area contributed by atoms with Gasteiger partial charge in [-0.05, 0) is 30.6 Å².